The van der Waals surface area contributed by atoms with E-state index in [0.717, 1.165) is 16.3 Å². The van der Waals surface area contributed by atoms with Crippen LogP contribution in [0.2, 0.25) is 5.02 Å². The van der Waals surface area contributed by atoms with Gasteiger partial charge in [0.25, 0.3) is 0 Å². The number of carbonyl (C=O) groups is 1. The molecule has 4 nitrogen and oxygen atoms in total. The van der Waals surface area contributed by atoms with Gasteiger partial charge in [-0.3, -0.25) is 4.79 Å². The van der Waals surface area contributed by atoms with Crippen LogP contribution in [0, 0.1) is 6.92 Å². The number of carbonyl (C=O) groups excluding carboxylic acids is 1. The molecular weight excluding hydrogens is 306 g/mol. The van der Waals surface area contributed by atoms with Crippen molar-refractivity contribution in [3.63, 3.8) is 0 Å². The molecule has 0 atom stereocenters. The normalized spacial score (nSPS) is 10.4. The molecule has 1 aromatic heterocycles. The van der Waals surface area contributed by atoms with Gasteiger partial charge < -0.3 is 11.1 Å². The highest BCUT2D eigenvalue weighted by Gasteiger charge is 2.06. The molecule has 0 aliphatic rings. The van der Waals surface area contributed by atoms with Crippen LogP contribution in [0.3, 0.4) is 0 Å². The smallest absolute Gasteiger partial charge is 0.225 e. The van der Waals surface area contributed by atoms with E-state index in [9.17, 15) is 4.79 Å². The number of pyridine rings is 1. The van der Waals surface area contributed by atoms with Crippen molar-refractivity contribution in [3.8, 4) is 0 Å². The van der Waals surface area contributed by atoms with Gasteiger partial charge in [0.15, 0.2) is 0 Å². The molecule has 0 aliphatic carbocycles. The second-order valence-corrected chi connectivity index (χ2v) is 6.03. The van der Waals surface area contributed by atoms with Crippen molar-refractivity contribution in [1.29, 1.82) is 0 Å². The van der Waals surface area contributed by atoms with Gasteiger partial charge in [0.05, 0.1) is 10.0 Å². The van der Waals surface area contributed by atoms with Gasteiger partial charge in [0.2, 0.25) is 5.91 Å². The van der Waals surface area contributed by atoms with E-state index < -0.39 is 0 Å². The Morgan fingerprint density at radius 1 is 1.38 bits per heavy atom. The van der Waals surface area contributed by atoms with E-state index in [1.807, 2.05) is 31.2 Å². The molecule has 1 aromatic carbocycles. The molecule has 1 heterocycles. The number of rotatable bonds is 5. The van der Waals surface area contributed by atoms with Crippen molar-refractivity contribution in [2.24, 2.45) is 0 Å². The SMILES string of the molecule is Cc1c(N)cccc1NC(=O)CCSc1ccc(Cl)cn1. The number of amides is 1. The summed E-state index contributed by atoms with van der Waals surface area (Å²) >= 11 is 7.29. The van der Waals surface area contributed by atoms with E-state index in [-0.39, 0.29) is 5.91 Å². The van der Waals surface area contributed by atoms with Crippen LogP contribution < -0.4 is 11.1 Å². The van der Waals surface area contributed by atoms with Crippen LogP contribution in [0.5, 0.6) is 0 Å². The molecule has 0 aliphatic heterocycles. The second kappa shape index (κ2) is 7.33. The van der Waals surface area contributed by atoms with Gasteiger partial charge in [0, 0.05) is 29.7 Å². The minimum atomic E-state index is -0.0369. The largest absolute Gasteiger partial charge is 0.398 e. The fourth-order valence-corrected chi connectivity index (χ4v) is 2.60. The van der Waals surface area contributed by atoms with Crippen molar-refractivity contribution in [2.45, 2.75) is 18.4 Å². The van der Waals surface area contributed by atoms with Crippen molar-refractivity contribution < 1.29 is 4.79 Å². The monoisotopic (exact) mass is 321 g/mol. The Kier molecular flexibility index (Phi) is 5.47. The Balaban J connectivity index is 1.82. The fourth-order valence-electron chi connectivity index (χ4n) is 1.70. The summed E-state index contributed by atoms with van der Waals surface area (Å²) in [4.78, 5) is 16.1. The topological polar surface area (TPSA) is 68.0 Å². The van der Waals surface area contributed by atoms with Crippen LogP contribution in [0.4, 0.5) is 11.4 Å². The number of aromatic nitrogens is 1. The number of anilines is 2. The van der Waals surface area contributed by atoms with Crippen LogP contribution in [0.15, 0.2) is 41.6 Å². The molecule has 0 saturated heterocycles. The van der Waals surface area contributed by atoms with E-state index >= 15 is 0 Å². The molecule has 0 radical (unpaired) electrons. The summed E-state index contributed by atoms with van der Waals surface area (Å²) in [6.45, 7) is 1.89. The number of halogens is 1. The van der Waals surface area contributed by atoms with E-state index in [1.54, 1.807) is 12.3 Å². The number of thioether (sulfide) groups is 1. The van der Waals surface area contributed by atoms with E-state index in [4.69, 9.17) is 17.3 Å². The first-order valence-corrected chi connectivity index (χ1v) is 7.82. The highest BCUT2D eigenvalue weighted by molar-refractivity contribution is 7.99. The summed E-state index contributed by atoms with van der Waals surface area (Å²) in [6, 6.07) is 9.11. The van der Waals surface area contributed by atoms with Gasteiger partial charge in [-0.2, -0.15) is 0 Å². The highest BCUT2D eigenvalue weighted by atomic mass is 35.5. The summed E-state index contributed by atoms with van der Waals surface area (Å²) in [5, 5.41) is 4.33. The molecule has 0 spiro atoms. The predicted molar refractivity (Wildman–Crippen MR) is 88.8 cm³/mol. The van der Waals surface area contributed by atoms with Crippen molar-refractivity contribution in [1.82, 2.24) is 4.98 Å². The van der Waals surface area contributed by atoms with Crippen LogP contribution in [-0.2, 0) is 4.79 Å². The van der Waals surface area contributed by atoms with Crippen molar-refractivity contribution in [2.75, 3.05) is 16.8 Å². The van der Waals surface area contributed by atoms with Gasteiger partial charge in [-0.05, 0) is 36.8 Å². The van der Waals surface area contributed by atoms with Gasteiger partial charge in [-0.25, -0.2) is 4.98 Å². The second-order valence-electron chi connectivity index (χ2n) is 4.48. The molecule has 110 valence electrons. The molecule has 0 unspecified atom stereocenters. The lowest BCUT2D eigenvalue weighted by atomic mass is 10.1. The number of nitrogen functional groups attached to an aromatic ring is 1. The Bertz CT molecular complexity index is 631. The maximum absolute atomic E-state index is 11.9. The minimum Gasteiger partial charge on any atom is -0.398 e. The van der Waals surface area contributed by atoms with E-state index in [0.29, 0.717) is 22.9 Å². The molecule has 6 heteroatoms. The van der Waals surface area contributed by atoms with Crippen molar-refractivity contribution >= 4 is 40.6 Å². The van der Waals surface area contributed by atoms with E-state index in [2.05, 4.69) is 10.3 Å². The minimum absolute atomic E-state index is 0.0369. The Labute approximate surface area is 133 Å². The lowest BCUT2D eigenvalue weighted by Gasteiger charge is -2.09. The van der Waals surface area contributed by atoms with Gasteiger partial charge >= 0.3 is 0 Å². The first kappa shape index (κ1) is 15.7. The summed E-state index contributed by atoms with van der Waals surface area (Å²) < 4.78 is 0. The zero-order valence-electron chi connectivity index (χ0n) is 11.6. The first-order chi connectivity index (χ1) is 10.1. The third-order valence-electron chi connectivity index (χ3n) is 2.93. The molecule has 0 fully saturated rings. The summed E-state index contributed by atoms with van der Waals surface area (Å²) in [6.07, 6.45) is 2.00. The number of nitrogens with two attached hydrogens (primary N) is 1. The van der Waals surface area contributed by atoms with E-state index in [1.165, 1.54) is 11.8 Å². The predicted octanol–water partition coefficient (Wildman–Crippen LogP) is 3.75. The molecule has 3 N–H and O–H groups in total. The number of hydrogen-bond donors (Lipinski definition) is 2. The number of benzene rings is 1. The lowest BCUT2D eigenvalue weighted by molar-refractivity contribution is -0.115. The molecule has 2 rings (SSSR count). The molecule has 1 amide bonds. The maximum Gasteiger partial charge on any atom is 0.225 e. The van der Waals surface area contributed by atoms with Gasteiger partial charge in [-0.15, -0.1) is 11.8 Å². The molecule has 2 aromatic rings. The van der Waals surface area contributed by atoms with Crippen LogP contribution in [0.25, 0.3) is 0 Å². The number of hydrogen-bond acceptors (Lipinski definition) is 4. The summed E-state index contributed by atoms with van der Waals surface area (Å²) in [7, 11) is 0. The first-order valence-electron chi connectivity index (χ1n) is 6.45. The lowest BCUT2D eigenvalue weighted by Crippen LogP contribution is -2.13. The fraction of sp³-hybridized carbons (Fsp3) is 0.200. The Morgan fingerprint density at radius 2 is 2.19 bits per heavy atom. The van der Waals surface area contributed by atoms with Gasteiger partial charge in [-0.1, -0.05) is 17.7 Å². The standard InChI is InChI=1S/C15H16ClN3OS/c1-10-12(17)3-2-4-13(10)19-14(20)7-8-21-15-6-5-11(16)9-18-15/h2-6,9H,7-8,17H2,1H3,(H,19,20). The molecule has 0 saturated carbocycles. The quantitative estimate of drug-likeness (QED) is 0.650. The average Bonchev–Trinajstić information content (AvgIpc) is 2.46. The Morgan fingerprint density at radius 3 is 2.90 bits per heavy atom. The van der Waals surface area contributed by atoms with Crippen molar-refractivity contribution in [3.05, 3.63) is 47.1 Å². The zero-order chi connectivity index (χ0) is 15.2. The third kappa shape index (κ3) is 4.65. The van der Waals surface area contributed by atoms with Crippen LogP contribution in [-0.4, -0.2) is 16.6 Å². The third-order valence-corrected chi connectivity index (χ3v) is 4.10. The number of nitrogens with one attached hydrogen (secondary N) is 1. The van der Waals surface area contributed by atoms with Gasteiger partial charge in [0.1, 0.15) is 0 Å². The molecular formula is C15H16ClN3OS. The highest BCUT2D eigenvalue weighted by Crippen LogP contribution is 2.21. The van der Waals surface area contributed by atoms with Crippen LogP contribution in [0.1, 0.15) is 12.0 Å². The molecule has 0 bridgehead atoms. The maximum atomic E-state index is 11.9. The number of nitrogens with zero attached hydrogens (tertiary/aromatic N) is 1. The molecule has 21 heavy (non-hydrogen) atoms. The summed E-state index contributed by atoms with van der Waals surface area (Å²) in [5.74, 6) is 0.618. The summed E-state index contributed by atoms with van der Waals surface area (Å²) in [5.41, 5.74) is 8.13. The average molecular weight is 322 g/mol. The van der Waals surface area contributed by atoms with Crippen LogP contribution >= 0.6 is 23.4 Å². The zero-order valence-corrected chi connectivity index (χ0v) is 13.2. The Hall–Kier alpha value is -1.72.